The third-order valence-corrected chi connectivity index (χ3v) is 8.61. The van der Waals surface area contributed by atoms with E-state index in [1.807, 2.05) is 47.4 Å². The number of aromatic nitrogens is 2. The molecule has 7 heteroatoms. The predicted octanol–water partition coefficient (Wildman–Crippen LogP) is 5.99. The maximum Gasteiger partial charge on any atom is 0.321 e. The largest absolute Gasteiger partial charge is 0.352 e. The third-order valence-electron chi connectivity index (χ3n) is 7.46. The van der Waals surface area contributed by atoms with Crippen molar-refractivity contribution < 1.29 is 4.79 Å². The lowest BCUT2D eigenvalue weighted by molar-refractivity contribution is 0.208. The number of anilines is 2. The zero-order chi connectivity index (χ0) is 23.8. The summed E-state index contributed by atoms with van der Waals surface area (Å²) >= 11 is 1.88. The number of rotatable bonds is 4. The highest BCUT2D eigenvalue weighted by molar-refractivity contribution is 7.19. The van der Waals surface area contributed by atoms with Crippen LogP contribution in [0.15, 0.2) is 24.3 Å². The van der Waals surface area contributed by atoms with E-state index in [-0.39, 0.29) is 6.03 Å². The Bertz CT molecular complexity index is 1200. The quantitative estimate of drug-likeness (QED) is 0.501. The third kappa shape index (κ3) is 4.38. The van der Waals surface area contributed by atoms with E-state index in [1.165, 1.54) is 22.2 Å². The minimum absolute atomic E-state index is 0.0241. The molecular formula is C27H35N5OS. The van der Waals surface area contributed by atoms with E-state index < -0.39 is 0 Å². The van der Waals surface area contributed by atoms with Gasteiger partial charge < -0.3 is 15.1 Å². The number of carbonyl (C=O) groups is 1. The van der Waals surface area contributed by atoms with Crippen LogP contribution in [0.25, 0.3) is 10.2 Å². The van der Waals surface area contributed by atoms with Gasteiger partial charge in [0.1, 0.15) is 16.5 Å². The summed E-state index contributed by atoms with van der Waals surface area (Å²) in [4.78, 5) is 30.1. The van der Waals surface area contributed by atoms with Gasteiger partial charge in [-0.25, -0.2) is 14.8 Å². The highest BCUT2D eigenvalue weighted by Crippen LogP contribution is 2.42. The summed E-state index contributed by atoms with van der Waals surface area (Å²) in [6.45, 7) is 11.7. The van der Waals surface area contributed by atoms with Gasteiger partial charge in [-0.2, -0.15) is 0 Å². The average molecular weight is 478 g/mol. The summed E-state index contributed by atoms with van der Waals surface area (Å²) in [5.74, 6) is 3.12. The van der Waals surface area contributed by atoms with Crippen molar-refractivity contribution in [1.82, 2.24) is 14.9 Å². The Morgan fingerprint density at radius 3 is 2.71 bits per heavy atom. The standard InChI is InChI=1S/C27H35N5OS/c1-5-18(3)24-29-25(23-20-11-10-17(2)16-22(20)34-26(23)30-24)31-12-14-32(15-13-31)27(33)28-21-9-7-6-8-19(21)4/h6-9,17-18H,5,10-16H2,1-4H3,(H,28,33)/t17-,18+/m0/s1. The van der Waals surface area contributed by atoms with Crippen molar-refractivity contribution in [3.8, 4) is 0 Å². The van der Waals surface area contributed by atoms with Crippen molar-refractivity contribution >= 4 is 39.1 Å². The molecule has 1 saturated heterocycles. The molecule has 2 amide bonds. The maximum absolute atomic E-state index is 12.9. The first-order chi connectivity index (χ1) is 16.4. The van der Waals surface area contributed by atoms with Crippen molar-refractivity contribution in [3.05, 3.63) is 46.1 Å². The fourth-order valence-corrected chi connectivity index (χ4v) is 6.38. The van der Waals surface area contributed by atoms with Crippen LogP contribution in [0.3, 0.4) is 0 Å². The Hall–Kier alpha value is -2.67. The van der Waals surface area contributed by atoms with Crippen LogP contribution in [0, 0.1) is 12.8 Å². The number of aryl methyl sites for hydroxylation is 2. The van der Waals surface area contributed by atoms with Gasteiger partial charge in [-0.3, -0.25) is 0 Å². The zero-order valence-electron chi connectivity index (χ0n) is 20.7. The number of nitrogens with one attached hydrogen (secondary N) is 1. The van der Waals surface area contributed by atoms with Crippen molar-refractivity contribution in [2.75, 3.05) is 36.4 Å². The van der Waals surface area contributed by atoms with E-state index in [2.05, 4.69) is 31.0 Å². The van der Waals surface area contributed by atoms with E-state index in [4.69, 9.17) is 9.97 Å². The number of fused-ring (bicyclic) bond motifs is 3. The lowest BCUT2D eigenvalue weighted by Crippen LogP contribution is -2.50. The predicted molar refractivity (Wildman–Crippen MR) is 141 cm³/mol. The molecule has 2 aliphatic rings. The molecule has 6 nitrogen and oxygen atoms in total. The van der Waals surface area contributed by atoms with Gasteiger partial charge >= 0.3 is 6.03 Å². The number of nitrogens with zero attached hydrogens (tertiary/aromatic N) is 4. The fraction of sp³-hybridized carbons (Fsp3) is 0.519. The number of carbonyl (C=O) groups excluding carboxylic acids is 1. The lowest BCUT2D eigenvalue weighted by atomic mass is 9.89. The van der Waals surface area contributed by atoms with E-state index >= 15 is 0 Å². The molecule has 0 unspecified atom stereocenters. The Kier molecular flexibility index (Phi) is 6.47. The summed E-state index contributed by atoms with van der Waals surface area (Å²) in [6, 6.07) is 7.90. The number of thiophene rings is 1. The minimum atomic E-state index is -0.0241. The number of para-hydroxylation sites is 1. The number of piperazine rings is 1. The minimum Gasteiger partial charge on any atom is -0.352 e. The highest BCUT2D eigenvalue weighted by atomic mass is 32.1. The van der Waals surface area contributed by atoms with Crippen molar-refractivity contribution in [2.24, 2.45) is 5.92 Å². The van der Waals surface area contributed by atoms with Crippen LogP contribution < -0.4 is 10.2 Å². The monoisotopic (exact) mass is 477 g/mol. The van der Waals surface area contributed by atoms with Gasteiger partial charge in [-0.1, -0.05) is 39.0 Å². The average Bonchev–Trinajstić information content (AvgIpc) is 3.21. The highest BCUT2D eigenvalue weighted by Gasteiger charge is 2.29. The molecule has 180 valence electrons. The molecule has 2 aromatic heterocycles. The smallest absolute Gasteiger partial charge is 0.321 e. The molecule has 2 atom stereocenters. The second kappa shape index (κ2) is 9.53. The van der Waals surface area contributed by atoms with E-state index in [0.29, 0.717) is 19.0 Å². The topological polar surface area (TPSA) is 61.4 Å². The fourth-order valence-electron chi connectivity index (χ4n) is 5.00. The lowest BCUT2D eigenvalue weighted by Gasteiger charge is -2.36. The number of benzene rings is 1. The second-order valence-corrected chi connectivity index (χ2v) is 11.0. The van der Waals surface area contributed by atoms with Gasteiger partial charge in [-0.05, 0) is 55.7 Å². The van der Waals surface area contributed by atoms with Crippen molar-refractivity contribution in [3.63, 3.8) is 0 Å². The van der Waals surface area contributed by atoms with Crippen LogP contribution in [0.4, 0.5) is 16.3 Å². The SMILES string of the molecule is CC[C@@H](C)c1nc(N2CCN(C(=O)Nc3ccccc3C)CC2)c2c3c(sc2n1)C[C@@H](C)CC3. The molecule has 34 heavy (non-hydrogen) atoms. The molecular weight excluding hydrogens is 442 g/mol. The molecule has 1 fully saturated rings. The number of hydrogen-bond donors (Lipinski definition) is 1. The van der Waals surface area contributed by atoms with Crippen molar-refractivity contribution in [1.29, 1.82) is 0 Å². The number of amides is 2. The van der Waals surface area contributed by atoms with E-state index in [0.717, 1.165) is 66.0 Å². The van der Waals surface area contributed by atoms with Gasteiger partial charge in [0.05, 0.1) is 5.39 Å². The van der Waals surface area contributed by atoms with Crippen LogP contribution in [-0.4, -0.2) is 47.1 Å². The molecule has 1 N–H and O–H groups in total. The van der Waals surface area contributed by atoms with Crippen LogP contribution in [-0.2, 0) is 12.8 Å². The maximum atomic E-state index is 12.9. The van der Waals surface area contributed by atoms with E-state index in [9.17, 15) is 4.79 Å². The Morgan fingerprint density at radius 1 is 1.21 bits per heavy atom. The Balaban J connectivity index is 1.40. The molecule has 1 aliphatic heterocycles. The van der Waals surface area contributed by atoms with Crippen LogP contribution in [0.2, 0.25) is 0 Å². The summed E-state index contributed by atoms with van der Waals surface area (Å²) in [6.07, 6.45) is 4.54. The Morgan fingerprint density at radius 2 is 1.97 bits per heavy atom. The van der Waals surface area contributed by atoms with Gasteiger partial charge in [-0.15, -0.1) is 11.3 Å². The molecule has 3 heterocycles. The zero-order valence-corrected chi connectivity index (χ0v) is 21.5. The van der Waals surface area contributed by atoms with Crippen LogP contribution in [0.1, 0.15) is 61.4 Å². The van der Waals surface area contributed by atoms with E-state index in [1.54, 1.807) is 0 Å². The number of hydrogen-bond acceptors (Lipinski definition) is 5. The first-order valence-electron chi connectivity index (χ1n) is 12.6. The normalized spacial score (nSPS) is 19.2. The molecule has 1 aliphatic carbocycles. The Labute approximate surface area is 206 Å². The first kappa shape index (κ1) is 23.1. The first-order valence-corrected chi connectivity index (χ1v) is 13.4. The molecule has 1 aromatic carbocycles. The van der Waals surface area contributed by atoms with Crippen molar-refractivity contribution in [2.45, 2.75) is 59.3 Å². The molecule has 0 radical (unpaired) electrons. The molecule has 0 saturated carbocycles. The van der Waals surface area contributed by atoms with Gasteiger partial charge in [0.25, 0.3) is 0 Å². The summed E-state index contributed by atoms with van der Waals surface area (Å²) in [5, 5.41) is 4.36. The molecule has 3 aromatic rings. The van der Waals surface area contributed by atoms with Gasteiger partial charge in [0.2, 0.25) is 0 Å². The van der Waals surface area contributed by atoms with Gasteiger partial charge in [0.15, 0.2) is 0 Å². The molecule has 0 spiro atoms. The van der Waals surface area contributed by atoms with Crippen LogP contribution >= 0.6 is 11.3 Å². The summed E-state index contributed by atoms with van der Waals surface area (Å²) in [5.41, 5.74) is 3.43. The van der Waals surface area contributed by atoms with Crippen LogP contribution in [0.5, 0.6) is 0 Å². The van der Waals surface area contributed by atoms with Gasteiger partial charge in [0, 0.05) is 42.7 Å². The molecule has 5 rings (SSSR count). The second-order valence-electron chi connectivity index (χ2n) is 9.97. The summed E-state index contributed by atoms with van der Waals surface area (Å²) in [7, 11) is 0. The summed E-state index contributed by atoms with van der Waals surface area (Å²) < 4.78 is 0. The number of urea groups is 1. The molecule has 0 bridgehead atoms.